The molecular weight excluding hydrogens is 312 g/mol. The number of ether oxygens (including phenoxy) is 1. The normalized spacial score (nSPS) is 10.1. The van der Waals surface area contributed by atoms with E-state index in [1.807, 2.05) is 12.1 Å². The molecule has 0 N–H and O–H groups in total. The third kappa shape index (κ3) is 2.40. The van der Waals surface area contributed by atoms with Crippen molar-refractivity contribution in [2.24, 2.45) is 0 Å². The smallest absolute Gasteiger partial charge is 0.166 e. The molecule has 2 aromatic rings. The molecule has 0 saturated heterocycles. The Hall–Kier alpha value is -1.38. The number of aromatic nitrogens is 1. The van der Waals surface area contributed by atoms with Crippen LogP contribution in [0.2, 0.25) is 0 Å². The van der Waals surface area contributed by atoms with Crippen molar-refractivity contribution in [3.05, 3.63) is 33.2 Å². The topological polar surface area (TPSA) is 45.9 Å². The molecule has 0 amide bonds. The van der Waals surface area contributed by atoms with Gasteiger partial charge in [0.15, 0.2) is 5.69 Å². The average molecular weight is 323 g/mol. The van der Waals surface area contributed by atoms with E-state index in [1.165, 1.54) is 11.3 Å². The monoisotopic (exact) mass is 322 g/mol. The van der Waals surface area contributed by atoms with Crippen LogP contribution in [0.4, 0.5) is 0 Å². The van der Waals surface area contributed by atoms with Gasteiger partial charge >= 0.3 is 0 Å². The molecule has 18 heavy (non-hydrogen) atoms. The molecule has 1 heterocycles. The van der Waals surface area contributed by atoms with Gasteiger partial charge in [-0.15, -0.1) is 11.3 Å². The van der Waals surface area contributed by atoms with E-state index in [9.17, 15) is 0 Å². The van der Waals surface area contributed by atoms with Gasteiger partial charge in [0.05, 0.1) is 7.11 Å². The fourth-order valence-corrected chi connectivity index (χ4v) is 3.06. The first-order valence-electron chi connectivity index (χ1n) is 5.43. The summed E-state index contributed by atoms with van der Waals surface area (Å²) in [6.45, 7) is 2.08. The van der Waals surface area contributed by atoms with Gasteiger partial charge in [-0.3, -0.25) is 0 Å². The van der Waals surface area contributed by atoms with Crippen LogP contribution in [0.25, 0.3) is 10.6 Å². The molecule has 3 nitrogen and oxygen atoms in total. The van der Waals surface area contributed by atoms with Gasteiger partial charge in [-0.05, 0) is 46.1 Å². The quantitative estimate of drug-likeness (QED) is 0.857. The summed E-state index contributed by atoms with van der Waals surface area (Å²) in [6, 6.07) is 8.03. The molecule has 0 bridgehead atoms. The Kier molecular flexibility index (Phi) is 4.00. The average Bonchev–Trinajstić information content (AvgIpc) is 2.79. The van der Waals surface area contributed by atoms with Gasteiger partial charge in [0, 0.05) is 5.56 Å². The first kappa shape index (κ1) is 13.1. The number of aryl methyl sites for hydroxylation is 1. The third-order valence-electron chi connectivity index (χ3n) is 2.60. The van der Waals surface area contributed by atoms with Crippen LogP contribution in [-0.2, 0) is 6.42 Å². The van der Waals surface area contributed by atoms with Crippen LogP contribution in [0.5, 0.6) is 5.75 Å². The van der Waals surface area contributed by atoms with Crippen LogP contribution in [0.3, 0.4) is 0 Å². The second-order valence-corrected chi connectivity index (χ2v) is 5.95. The highest BCUT2D eigenvalue weighted by Gasteiger charge is 2.11. The number of benzene rings is 1. The maximum atomic E-state index is 8.91. The zero-order valence-corrected chi connectivity index (χ0v) is 12.4. The molecule has 92 valence electrons. The van der Waals surface area contributed by atoms with E-state index < -0.39 is 0 Å². The Labute approximate surface area is 118 Å². The zero-order chi connectivity index (χ0) is 13.1. The van der Waals surface area contributed by atoms with E-state index >= 15 is 0 Å². The lowest BCUT2D eigenvalue weighted by atomic mass is 10.1. The molecule has 0 saturated carbocycles. The largest absolute Gasteiger partial charge is 0.496 e. The highest BCUT2D eigenvalue weighted by molar-refractivity contribution is 9.11. The molecule has 2 rings (SSSR count). The standard InChI is InChI=1S/C13H11BrN2OS/c1-3-8-6-9(4-5-11(8)17-2)13-16-10(7-15)12(14)18-13/h4-6H,3H2,1-2H3. The summed E-state index contributed by atoms with van der Waals surface area (Å²) in [7, 11) is 1.67. The minimum atomic E-state index is 0.434. The molecule has 0 aliphatic heterocycles. The van der Waals surface area contributed by atoms with E-state index in [1.54, 1.807) is 7.11 Å². The highest BCUT2D eigenvalue weighted by Crippen LogP contribution is 2.33. The maximum absolute atomic E-state index is 8.91. The molecule has 5 heteroatoms. The van der Waals surface area contributed by atoms with Crippen molar-refractivity contribution in [2.45, 2.75) is 13.3 Å². The van der Waals surface area contributed by atoms with Crippen molar-refractivity contribution in [3.8, 4) is 22.4 Å². The summed E-state index contributed by atoms with van der Waals surface area (Å²) in [4.78, 5) is 4.30. The predicted octanol–water partition coefficient (Wildman–Crippen LogP) is 4.02. The van der Waals surface area contributed by atoms with Gasteiger partial charge in [-0.2, -0.15) is 5.26 Å². The van der Waals surface area contributed by atoms with Gasteiger partial charge in [0.25, 0.3) is 0 Å². The Morgan fingerprint density at radius 1 is 1.50 bits per heavy atom. The predicted molar refractivity (Wildman–Crippen MR) is 75.9 cm³/mol. The van der Waals surface area contributed by atoms with Gasteiger partial charge in [0.2, 0.25) is 0 Å². The number of hydrogen-bond acceptors (Lipinski definition) is 4. The minimum Gasteiger partial charge on any atom is -0.496 e. The number of hydrogen-bond donors (Lipinski definition) is 0. The van der Waals surface area contributed by atoms with Gasteiger partial charge in [-0.1, -0.05) is 6.92 Å². The van der Waals surface area contributed by atoms with E-state index in [0.717, 1.165) is 32.1 Å². The lowest BCUT2D eigenvalue weighted by Crippen LogP contribution is -1.91. The number of halogens is 1. The van der Waals surface area contributed by atoms with Crippen molar-refractivity contribution in [2.75, 3.05) is 7.11 Å². The third-order valence-corrected chi connectivity index (χ3v) is 4.35. The summed E-state index contributed by atoms with van der Waals surface area (Å²) in [5, 5.41) is 9.75. The summed E-state index contributed by atoms with van der Waals surface area (Å²) in [6.07, 6.45) is 0.897. The molecule has 1 aromatic heterocycles. The highest BCUT2D eigenvalue weighted by atomic mass is 79.9. The van der Waals surface area contributed by atoms with E-state index in [0.29, 0.717) is 5.69 Å². The lowest BCUT2D eigenvalue weighted by molar-refractivity contribution is 0.410. The summed E-state index contributed by atoms with van der Waals surface area (Å²) < 4.78 is 6.07. The molecule has 0 unspecified atom stereocenters. The van der Waals surface area contributed by atoms with E-state index in [4.69, 9.17) is 10.00 Å². The van der Waals surface area contributed by atoms with E-state index in [2.05, 4.69) is 40.0 Å². The molecular formula is C13H11BrN2OS. The van der Waals surface area contributed by atoms with Crippen molar-refractivity contribution in [1.82, 2.24) is 4.98 Å². The van der Waals surface area contributed by atoms with Crippen LogP contribution in [0.1, 0.15) is 18.2 Å². The van der Waals surface area contributed by atoms with Crippen LogP contribution in [-0.4, -0.2) is 12.1 Å². The number of rotatable bonds is 3. The first-order chi connectivity index (χ1) is 8.69. The Balaban J connectivity index is 2.48. The number of nitrogens with zero attached hydrogens (tertiary/aromatic N) is 2. The maximum Gasteiger partial charge on any atom is 0.166 e. The summed E-state index contributed by atoms with van der Waals surface area (Å²) in [5.41, 5.74) is 2.59. The van der Waals surface area contributed by atoms with Crippen LogP contribution >= 0.6 is 27.3 Å². The van der Waals surface area contributed by atoms with Crippen LogP contribution < -0.4 is 4.74 Å². The SMILES string of the molecule is CCc1cc(-c2nc(C#N)c(Br)s2)ccc1OC. The lowest BCUT2D eigenvalue weighted by Gasteiger charge is -2.07. The fraction of sp³-hybridized carbons (Fsp3) is 0.231. The number of thiazole rings is 1. The van der Waals surface area contributed by atoms with Crippen LogP contribution in [0.15, 0.2) is 22.0 Å². The molecule has 0 aliphatic carbocycles. The Morgan fingerprint density at radius 3 is 2.83 bits per heavy atom. The number of methoxy groups -OCH3 is 1. The Bertz CT molecular complexity index is 616. The molecule has 0 fully saturated rings. The van der Waals surface area contributed by atoms with Gasteiger partial charge in [-0.25, -0.2) is 4.98 Å². The summed E-state index contributed by atoms with van der Waals surface area (Å²) >= 11 is 4.81. The first-order valence-corrected chi connectivity index (χ1v) is 7.04. The molecule has 0 radical (unpaired) electrons. The zero-order valence-electron chi connectivity index (χ0n) is 10.0. The molecule has 0 spiro atoms. The summed E-state index contributed by atoms with van der Waals surface area (Å²) in [5.74, 6) is 0.886. The van der Waals surface area contributed by atoms with Gasteiger partial charge in [0.1, 0.15) is 20.6 Å². The number of nitriles is 1. The van der Waals surface area contributed by atoms with Crippen molar-refractivity contribution in [1.29, 1.82) is 5.26 Å². The molecule has 1 aromatic carbocycles. The fourth-order valence-electron chi connectivity index (χ4n) is 1.68. The minimum absolute atomic E-state index is 0.434. The Morgan fingerprint density at radius 2 is 2.28 bits per heavy atom. The molecule has 0 aliphatic rings. The van der Waals surface area contributed by atoms with Crippen molar-refractivity contribution >= 4 is 27.3 Å². The second kappa shape index (κ2) is 5.51. The van der Waals surface area contributed by atoms with Crippen molar-refractivity contribution < 1.29 is 4.74 Å². The van der Waals surface area contributed by atoms with E-state index in [-0.39, 0.29) is 0 Å². The van der Waals surface area contributed by atoms with Crippen molar-refractivity contribution in [3.63, 3.8) is 0 Å². The molecule has 0 atom stereocenters. The van der Waals surface area contributed by atoms with Crippen LogP contribution in [0, 0.1) is 11.3 Å². The van der Waals surface area contributed by atoms with Gasteiger partial charge < -0.3 is 4.74 Å². The second-order valence-electron chi connectivity index (χ2n) is 3.63.